The van der Waals surface area contributed by atoms with Crippen molar-refractivity contribution in [2.24, 2.45) is 0 Å². The van der Waals surface area contributed by atoms with Crippen molar-refractivity contribution < 1.29 is 9.13 Å². The normalized spacial score (nSPS) is 10.5. The van der Waals surface area contributed by atoms with E-state index in [4.69, 9.17) is 16.3 Å². The van der Waals surface area contributed by atoms with Crippen molar-refractivity contribution in [3.8, 4) is 5.75 Å². The highest BCUT2D eigenvalue weighted by molar-refractivity contribution is 6.31. The van der Waals surface area contributed by atoms with Crippen molar-refractivity contribution in [3.63, 3.8) is 0 Å². The highest BCUT2D eigenvalue weighted by atomic mass is 35.5. The van der Waals surface area contributed by atoms with E-state index in [0.29, 0.717) is 22.9 Å². The van der Waals surface area contributed by atoms with Crippen LogP contribution in [0.15, 0.2) is 42.5 Å². The predicted molar refractivity (Wildman–Crippen MR) is 74.9 cm³/mol. The first-order valence-corrected chi connectivity index (χ1v) is 6.38. The van der Waals surface area contributed by atoms with Gasteiger partial charge in [0.15, 0.2) is 0 Å². The average Bonchev–Trinajstić information content (AvgIpc) is 2.41. The van der Waals surface area contributed by atoms with E-state index in [-0.39, 0.29) is 12.4 Å². The van der Waals surface area contributed by atoms with Gasteiger partial charge in [-0.2, -0.15) is 0 Å². The second-order valence-corrected chi connectivity index (χ2v) is 4.53. The van der Waals surface area contributed by atoms with Crippen LogP contribution in [0, 0.1) is 5.82 Å². The van der Waals surface area contributed by atoms with Gasteiger partial charge in [0, 0.05) is 22.7 Å². The molecule has 0 saturated heterocycles. The molecule has 0 fully saturated rings. The fourth-order valence-electron chi connectivity index (χ4n) is 1.79. The van der Waals surface area contributed by atoms with Gasteiger partial charge in [0.2, 0.25) is 0 Å². The predicted octanol–water partition coefficient (Wildman–Crippen LogP) is 3.78. The zero-order valence-electron chi connectivity index (χ0n) is 10.6. The summed E-state index contributed by atoms with van der Waals surface area (Å²) in [7, 11) is 1.84. The van der Waals surface area contributed by atoms with E-state index < -0.39 is 0 Å². The molecule has 2 aromatic carbocycles. The molecule has 0 aliphatic carbocycles. The molecule has 0 aliphatic rings. The molecule has 0 atom stereocenters. The summed E-state index contributed by atoms with van der Waals surface area (Å²) in [6.45, 7) is 0.788. The largest absolute Gasteiger partial charge is 0.488 e. The molecule has 2 rings (SSSR count). The Hall–Kier alpha value is -1.58. The molecule has 0 aromatic heterocycles. The summed E-state index contributed by atoms with van der Waals surface area (Å²) in [5.41, 5.74) is 1.40. The summed E-state index contributed by atoms with van der Waals surface area (Å²) in [5.74, 6) is 0.407. The summed E-state index contributed by atoms with van der Waals surface area (Å²) >= 11 is 6.13. The van der Waals surface area contributed by atoms with Crippen LogP contribution >= 0.6 is 11.6 Å². The molecule has 100 valence electrons. The van der Waals surface area contributed by atoms with Crippen molar-refractivity contribution in [2.45, 2.75) is 13.2 Å². The maximum atomic E-state index is 13.5. The van der Waals surface area contributed by atoms with Gasteiger partial charge >= 0.3 is 0 Å². The molecular formula is C15H15ClFNO. The summed E-state index contributed by atoms with van der Waals surface area (Å²) in [6, 6.07) is 12.0. The van der Waals surface area contributed by atoms with Gasteiger partial charge in [-0.25, -0.2) is 4.39 Å². The lowest BCUT2D eigenvalue weighted by molar-refractivity contribution is 0.296. The molecule has 0 saturated carbocycles. The van der Waals surface area contributed by atoms with Crippen LogP contribution < -0.4 is 10.1 Å². The number of halogens is 2. The third-order valence-corrected chi connectivity index (χ3v) is 3.12. The smallest absolute Gasteiger partial charge is 0.129 e. The molecule has 0 aliphatic heterocycles. The van der Waals surface area contributed by atoms with E-state index in [9.17, 15) is 4.39 Å². The minimum absolute atomic E-state index is 0.184. The van der Waals surface area contributed by atoms with Crippen LogP contribution in [0.5, 0.6) is 5.75 Å². The molecule has 2 aromatic rings. The number of hydrogen-bond donors (Lipinski definition) is 1. The number of ether oxygens (including phenoxy) is 1. The second-order valence-electron chi connectivity index (χ2n) is 4.13. The molecular weight excluding hydrogens is 265 g/mol. The fourth-order valence-corrected chi connectivity index (χ4v) is 2.03. The van der Waals surface area contributed by atoms with Gasteiger partial charge in [-0.3, -0.25) is 0 Å². The first kappa shape index (κ1) is 13.8. The fraction of sp³-hybridized carbons (Fsp3) is 0.200. The molecule has 1 N–H and O–H groups in total. The Morgan fingerprint density at radius 3 is 2.68 bits per heavy atom. The van der Waals surface area contributed by atoms with Gasteiger partial charge in [-0.15, -0.1) is 0 Å². The van der Waals surface area contributed by atoms with Gasteiger partial charge in [-0.1, -0.05) is 35.9 Å². The Morgan fingerprint density at radius 1 is 1.16 bits per heavy atom. The molecule has 0 amide bonds. The van der Waals surface area contributed by atoms with Crippen LogP contribution in [0.1, 0.15) is 11.1 Å². The SMILES string of the molecule is CNCc1c(Cl)cccc1OCc1ccccc1F. The van der Waals surface area contributed by atoms with Crippen LogP contribution in [-0.4, -0.2) is 7.05 Å². The van der Waals surface area contributed by atoms with E-state index >= 15 is 0 Å². The Kier molecular flexibility index (Phi) is 4.77. The van der Waals surface area contributed by atoms with Crippen molar-refractivity contribution in [2.75, 3.05) is 7.05 Å². The molecule has 0 radical (unpaired) electrons. The maximum absolute atomic E-state index is 13.5. The molecule has 0 spiro atoms. The Balaban J connectivity index is 2.16. The van der Waals surface area contributed by atoms with Gasteiger partial charge in [0.25, 0.3) is 0 Å². The standard InChI is InChI=1S/C15H15ClFNO/c1-18-9-12-13(16)6-4-8-15(12)19-10-11-5-2-3-7-14(11)17/h2-8,18H,9-10H2,1H3. The highest BCUT2D eigenvalue weighted by Crippen LogP contribution is 2.27. The van der Waals surface area contributed by atoms with E-state index in [2.05, 4.69) is 5.32 Å². The van der Waals surface area contributed by atoms with E-state index in [1.807, 2.05) is 25.2 Å². The monoisotopic (exact) mass is 279 g/mol. The first-order valence-electron chi connectivity index (χ1n) is 6.00. The first-order chi connectivity index (χ1) is 9.22. The summed E-state index contributed by atoms with van der Waals surface area (Å²) in [4.78, 5) is 0. The zero-order valence-corrected chi connectivity index (χ0v) is 11.4. The van der Waals surface area contributed by atoms with Gasteiger partial charge in [0.05, 0.1) is 0 Å². The third kappa shape index (κ3) is 3.46. The second kappa shape index (κ2) is 6.55. The molecule has 0 heterocycles. The van der Waals surface area contributed by atoms with E-state index in [0.717, 1.165) is 5.56 Å². The van der Waals surface area contributed by atoms with Crippen molar-refractivity contribution in [1.82, 2.24) is 5.32 Å². The lowest BCUT2D eigenvalue weighted by Crippen LogP contribution is -2.08. The van der Waals surface area contributed by atoms with Crippen molar-refractivity contribution in [1.29, 1.82) is 0 Å². The summed E-state index contributed by atoms with van der Waals surface area (Å²) in [5, 5.41) is 3.68. The molecule has 4 heteroatoms. The van der Waals surface area contributed by atoms with Crippen molar-refractivity contribution in [3.05, 3.63) is 64.4 Å². The Bertz CT molecular complexity index is 560. The van der Waals surface area contributed by atoms with Gasteiger partial charge < -0.3 is 10.1 Å². The van der Waals surface area contributed by atoms with Crippen LogP contribution in [0.25, 0.3) is 0 Å². The highest BCUT2D eigenvalue weighted by Gasteiger charge is 2.08. The lowest BCUT2D eigenvalue weighted by atomic mass is 10.2. The molecule has 2 nitrogen and oxygen atoms in total. The minimum Gasteiger partial charge on any atom is -0.488 e. The maximum Gasteiger partial charge on any atom is 0.129 e. The third-order valence-electron chi connectivity index (χ3n) is 2.77. The van der Waals surface area contributed by atoms with Crippen LogP contribution in [0.2, 0.25) is 5.02 Å². The van der Waals surface area contributed by atoms with E-state index in [1.165, 1.54) is 6.07 Å². The number of rotatable bonds is 5. The minimum atomic E-state index is -0.264. The van der Waals surface area contributed by atoms with Crippen LogP contribution in [0.4, 0.5) is 4.39 Å². The number of benzene rings is 2. The van der Waals surface area contributed by atoms with Gasteiger partial charge in [0.1, 0.15) is 18.2 Å². The topological polar surface area (TPSA) is 21.3 Å². The number of hydrogen-bond acceptors (Lipinski definition) is 2. The van der Waals surface area contributed by atoms with Gasteiger partial charge in [-0.05, 0) is 25.2 Å². The quantitative estimate of drug-likeness (QED) is 0.899. The van der Waals surface area contributed by atoms with E-state index in [1.54, 1.807) is 18.2 Å². The van der Waals surface area contributed by atoms with Crippen molar-refractivity contribution >= 4 is 11.6 Å². The molecule has 19 heavy (non-hydrogen) atoms. The van der Waals surface area contributed by atoms with Crippen LogP contribution in [0.3, 0.4) is 0 Å². The average molecular weight is 280 g/mol. The molecule has 0 bridgehead atoms. The van der Waals surface area contributed by atoms with Crippen LogP contribution in [-0.2, 0) is 13.2 Å². The summed E-state index contributed by atoms with van der Waals surface area (Å²) in [6.07, 6.45) is 0. The summed E-state index contributed by atoms with van der Waals surface area (Å²) < 4.78 is 19.2. The zero-order chi connectivity index (χ0) is 13.7. The Labute approximate surface area is 117 Å². The molecule has 0 unspecified atom stereocenters. The Morgan fingerprint density at radius 2 is 1.95 bits per heavy atom. The lowest BCUT2D eigenvalue weighted by Gasteiger charge is -2.13. The number of nitrogens with one attached hydrogen (secondary N) is 1.